The van der Waals surface area contributed by atoms with Gasteiger partial charge in [-0.2, -0.15) is 0 Å². The lowest BCUT2D eigenvalue weighted by Crippen LogP contribution is -2.38. The molecule has 1 rings (SSSR count). The first kappa shape index (κ1) is 11.5. The summed E-state index contributed by atoms with van der Waals surface area (Å²) < 4.78 is 5.04. The summed E-state index contributed by atoms with van der Waals surface area (Å²) in [7, 11) is 1.49. The molecule has 0 saturated heterocycles. The van der Waals surface area contributed by atoms with Crippen molar-refractivity contribution >= 4 is 17.4 Å². The van der Waals surface area contributed by atoms with Crippen molar-refractivity contribution in [3.8, 4) is 0 Å². The van der Waals surface area contributed by atoms with Crippen molar-refractivity contribution in [2.75, 3.05) is 18.2 Å². The van der Waals surface area contributed by atoms with Gasteiger partial charge in [-0.1, -0.05) is 0 Å². The topological polar surface area (TPSA) is 77.2 Å². The van der Waals surface area contributed by atoms with Crippen LogP contribution in [-0.2, 0) is 9.53 Å². The highest BCUT2D eigenvalue weighted by Gasteiger charge is 2.26. The van der Waals surface area contributed by atoms with Crippen molar-refractivity contribution in [1.29, 1.82) is 0 Å². The molecule has 1 aromatic rings. The Morgan fingerprint density at radius 3 is 2.67 bits per heavy atom. The standard InChI is InChI=1S/C10H15N3O2/c1-10(2,15-3)9(14)13-7-4-5-8(11)12-6-7/h4-6H,1-3H3,(H2,11,12)(H,13,14). The summed E-state index contributed by atoms with van der Waals surface area (Å²) >= 11 is 0. The molecule has 0 fully saturated rings. The fourth-order valence-electron chi connectivity index (χ4n) is 0.854. The van der Waals surface area contributed by atoms with Gasteiger partial charge < -0.3 is 15.8 Å². The van der Waals surface area contributed by atoms with E-state index in [-0.39, 0.29) is 5.91 Å². The first-order chi connectivity index (χ1) is 6.95. The molecule has 0 aliphatic carbocycles. The Labute approximate surface area is 88.6 Å². The number of nitrogens with zero attached hydrogens (tertiary/aromatic N) is 1. The quantitative estimate of drug-likeness (QED) is 0.779. The maximum atomic E-state index is 11.7. The zero-order valence-corrected chi connectivity index (χ0v) is 9.07. The van der Waals surface area contributed by atoms with Crippen molar-refractivity contribution in [2.24, 2.45) is 0 Å². The number of nitrogen functional groups attached to an aromatic ring is 1. The number of carbonyl (C=O) groups is 1. The molecule has 5 heteroatoms. The van der Waals surface area contributed by atoms with Crippen LogP contribution < -0.4 is 11.1 Å². The van der Waals surface area contributed by atoms with Gasteiger partial charge in [-0.25, -0.2) is 4.98 Å². The molecule has 82 valence electrons. The van der Waals surface area contributed by atoms with Gasteiger partial charge in [0.2, 0.25) is 0 Å². The van der Waals surface area contributed by atoms with Crippen LogP contribution in [0.5, 0.6) is 0 Å². The number of hydrogen-bond acceptors (Lipinski definition) is 4. The zero-order valence-electron chi connectivity index (χ0n) is 9.07. The van der Waals surface area contributed by atoms with Gasteiger partial charge in [-0.3, -0.25) is 4.79 Å². The number of amides is 1. The van der Waals surface area contributed by atoms with E-state index >= 15 is 0 Å². The first-order valence-electron chi connectivity index (χ1n) is 4.54. The maximum absolute atomic E-state index is 11.7. The summed E-state index contributed by atoms with van der Waals surface area (Å²) in [5.74, 6) is 0.190. The lowest BCUT2D eigenvalue weighted by Gasteiger charge is -2.21. The van der Waals surface area contributed by atoms with Crippen molar-refractivity contribution in [3.05, 3.63) is 18.3 Å². The largest absolute Gasteiger partial charge is 0.384 e. The van der Waals surface area contributed by atoms with Crippen LogP contribution in [0.25, 0.3) is 0 Å². The number of carbonyl (C=O) groups excluding carboxylic acids is 1. The van der Waals surface area contributed by atoms with E-state index < -0.39 is 5.60 Å². The number of nitrogens with two attached hydrogens (primary N) is 1. The van der Waals surface area contributed by atoms with Crippen LogP contribution in [-0.4, -0.2) is 23.6 Å². The smallest absolute Gasteiger partial charge is 0.256 e. The summed E-state index contributed by atoms with van der Waals surface area (Å²) in [5, 5.41) is 2.68. The third-order valence-electron chi connectivity index (χ3n) is 2.10. The van der Waals surface area contributed by atoms with Crippen LogP contribution >= 0.6 is 0 Å². The van der Waals surface area contributed by atoms with Crippen LogP contribution in [0.15, 0.2) is 18.3 Å². The number of anilines is 2. The highest BCUT2D eigenvalue weighted by molar-refractivity contribution is 5.96. The lowest BCUT2D eigenvalue weighted by atomic mass is 10.1. The van der Waals surface area contributed by atoms with Gasteiger partial charge in [0.25, 0.3) is 5.91 Å². The molecule has 0 aliphatic rings. The maximum Gasteiger partial charge on any atom is 0.256 e. The molecule has 0 aliphatic heterocycles. The number of methoxy groups -OCH3 is 1. The minimum Gasteiger partial charge on any atom is -0.384 e. The van der Waals surface area contributed by atoms with Crippen molar-refractivity contribution < 1.29 is 9.53 Å². The van der Waals surface area contributed by atoms with Crippen LogP contribution in [0.3, 0.4) is 0 Å². The monoisotopic (exact) mass is 209 g/mol. The van der Waals surface area contributed by atoms with Crippen LogP contribution in [0, 0.1) is 0 Å². The van der Waals surface area contributed by atoms with E-state index in [9.17, 15) is 4.79 Å². The molecule has 0 saturated carbocycles. The number of nitrogens with one attached hydrogen (secondary N) is 1. The summed E-state index contributed by atoms with van der Waals surface area (Å²) in [4.78, 5) is 15.5. The fourth-order valence-corrected chi connectivity index (χ4v) is 0.854. The normalized spacial score (nSPS) is 11.1. The Balaban J connectivity index is 2.71. The van der Waals surface area contributed by atoms with Crippen molar-refractivity contribution in [3.63, 3.8) is 0 Å². The van der Waals surface area contributed by atoms with E-state index in [1.54, 1.807) is 26.0 Å². The second kappa shape index (κ2) is 4.27. The Morgan fingerprint density at radius 1 is 1.53 bits per heavy atom. The molecule has 15 heavy (non-hydrogen) atoms. The molecule has 1 heterocycles. The second-order valence-electron chi connectivity index (χ2n) is 3.64. The van der Waals surface area contributed by atoms with Gasteiger partial charge in [-0.05, 0) is 26.0 Å². The molecule has 0 radical (unpaired) electrons. The number of rotatable bonds is 3. The summed E-state index contributed by atoms with van der Waals surface area (Å²) in [6.07, 6.45) is 1.50. The van der Waals surface area contributed by atoms with Gasteiger partial charge in [0.05, 0.1) is 11.9 Å². The van der Waals surface area contributed by atoms with Crippen LogP contribution in [0.1, 0.15) is 13.8 Å². The molecule has 0 bridgehead atoms. The van der Waals surface area contributed by atoms with Gasteiger partial charge >= 0.3 is 0 Å². The zero-order chi connectivity index (χ0) is 11.5. The van der Waals surface area contributed by atoms with E-state index in [0.29, 0.717) is 11.5 Å². The summed E-state index contributed by atoms with van der Waals surface area (Å²) in [5.41, 5.74) is 5.16. The third kappa shape index (κ3) is 2.92. The summed E-state index contributed by atoms with van der Waals surface area (Å²) in [6, 6.07) is 3.31. The fraction of sp³-hybridized carbons (Fsp3) is 0.400. The number of ether oxygens (including phenoxy) is 1. The minimum absolute atomic E-state index is 0.225. The van der Waals surface area contributed by atoms with E-state index in [4.69, 9.17) is 10.5 Å². The van der Waals surface area contributed by atoms with Gasteiger partial charge in [0.15, 0.2) is 0 Å². The Morgan fingerprint density at radius 2 is 2.20 bits per heavy atom. The molecular weight excluding hydrogens is 194 g/mol. The third-order valence-corrected chi connectivity index (χ3v) is 2.10. The number of hydrogen-bond donors (Lipinski definition) is 2. The minimum atomic E-state index is -0.860. The molecule has 1 amide bonds. The Kier molecular flexibility index (Phi) is 3.26. The predicted molar refractivity (Wildman–Crippen MR) is 58.4 cm³/mol. The predicted octanol–water partition coefficient (Wildman–Crippen LogP) is 1.03. The molecule has 1 aromatic heterocycles. The molecule has 0 atom stereocenters. The second-order valence-corrected chi connectivity index (χ2v) is 3.64. The number of pyridine rings is 1. The highest BCUT2D eigenvalue weighted by atomic mass is 16.5. The van der Waals surface area contributed by atoms with Gasteiger partial charge in [-0.15, -0.1) is 0 Å². The van der Waals surface area contributed by atoms with E-state index in [1.807, 2.05) is 0 Å². The first-order valence-corrected chi connectivity index (χ1v) is 4.54. The highest BCUT2D eigenvalue weighted by Crippen LogP contribution is 2.13. The summed E-state index contributed by atoms with van der Waals surface area (Å²) in [6.45, 7) is 3.38. The molecule has 3 N–H and O–H groups in total. The molecule has 0 unspecified atom stereocenters. The van der Waals surface area contributed by atoms with E-state index in [0.717, 1.165) is 0 Å². The average molecular weight is 209 g/mol. The average Bonchev–Trinajstić information content (AvgIpc) is 2.21. The van der Waals surface area contributed by atoms with Crippen LogP contribution in [0.2, 0.25) is 0 Å². The van der Waals surface area contributed by atoms with Gasteiger partial charge in [0.1, 0.15) is 11.4 Å². The Hall–Kier alpha value is -1.62. The SMILES string of the molecule is COC(C)(C)C(=O)Nc1ccc(N)nc1. The van der Waals surface area contributed by atoms with Gasteiger partial charge in [0, 0.05) is 7.11 Å². The van der Waals surface area contributed by atoms with Crippen molar-refractivity contribution in [2.45, 2.75) is 19.4 Å². The number of aromatic nitrogens is 1. The van der Waals surface area contributed by atoms with E-state index in [1.165, 1.54) is 13.3 Å². The van der Waals surface area contributed by atoms with Crippen molar-refractivity contribution in [1.82, 2.24) is 4.98 Å². The molecule has 0 spiro atoms. The lowest BCUT2D eigenvalue weighted by molar-refractivity contribution is -0.133. The van der Waals surface area contributed by atoms with E-state index in [2.05, 4.69) is 10.3 Å². The molecule has 5 nitrogen and oxygen atoms in total. The Bertz CT molecular complexity index is 346. The molecule has 0 aromatic carbocycles. The molecular formula is C10H15N3O2. The van der Waals surface area contributed by atoms with Crippen LogP contribution in [0.4, 0.5) is 11.5 Å².